The number of furan rings is 1. The first-order chi connectivity index (χ1) is 14.3. The lowest BCUT2D eigenvalue weighted by Crippen LogP contribution is -2.20. The van der Waals surface area contributed by atoms with Gasteiger partial charge in [-0.15, -0.1) is 17.5 Å². The number of aromatic nitrogens is 3. The van der Waals surface area contributed by atoms with Crippen LogP contribution in [-0.4, -0.2) is 20.7 Å². The highest BCUT2D eigenvalue weighted by atomic mass is 35.5. The third-order valence-electron chi connectivity index (χ3n) is 4.66. The molecule has 7 nitrogen and oxygen atoms in total. The average Bonchev–Trinajstić information content (AvgIpc) is 3.44. The van der Waals surface area contributed by atoms with Gasteiger partial charge in [0.25, 0.3) is 11.9 Å². The SMILES string of the molecule is Cl.O=C(Nc1nc2n(n1)C(c1ccccc1)C=C(c1ccccc1)N2)c1ccco1. The summed E-state index contributed by atoms with van der Waals surface area (Å²) in [6, 6.07) is 23.2. The van der Waals surface area contributed by atoms with Crippen molar-refractivity contribution in [2.45, 2.75) is 6.04 Å². The Kier molecular flexibility index (Phi) is 5.36. The molecule has 2 aromatic carbocycles. The van der Waals surface area contributed by atoms with Crippen molar-refractivity contribution in [1.82, 2.24) is 14.8 Å². The van der Waals surface area contributed by atoms with Crippen LogP contribution in [0.4, 0.5) is 11.9 Å². The van der Waals surface area contributed by atoms with Crippen LogP contribution in [0.3, 0.4) is 0 Å². The molecule has 30 heavy (non-hydrogen) atoms. The van der Waals surface area contributed by atoms with E-state index in [1.54, 1.807) is 16.8 Å². The van der Waals surface area contributed by atoms with Crippen LogP contribution in [-0.2, 0) is 0 Å². The van der Waals surface area contributed by atoms with Crippen LogP contribution in [0.15, 0.2) is 89.6 Å². The van der Waals surface area contributed by atoms with Gasteiger partial charge in [0.05, 0.1) is 6.26 Å². The molecule has 1 unspecified atom stereocenters. The molecule has 0 aliphatic carbocycles. The summed E-state index contributed by atoms with van der Waals surface area (Å²) in [5.41, 5.74) is 3.05. The van der Waals surface area contributed by atoms with E-state index in [1.165, 1.54) is 6.26 Å². The Balaban J connectivity index is 0.00000218. The maximum atomic E-state index is 12.3. The molecule has 1 atom stereocenters. The van der Waals surface area contributed by atoms with Crippen LogP contribution in [0.5, 0.6) is 0 Å². The Morgan fingerprint density at radius 2 is 1.73 bits per heavy atom. The smallest absolute Gasteiger partial charge is 0.293 e. The van der Waals surface area contributed by atoms with Crippen molar-refractivity contribution >= 4 is 35.9 Å². The molecule has 1 aliphatic rings. The average molecular weight is 420 g/mol. The van der Waals surface area contributed by atoms with Crippen LogP contribution >= 0.6 is 12.4 Å². The molecule has 1 amide bonds. The molecule has 3 heterocycles. The number of fused-ring (bicyclic) bond motifs is 1. The molecular weight excluding hydrogens is 402 g/mol. The number of rotatable bonds is 4. The molecule has 0 saturated carbocycles. The lowest BCUT2D eigenvalue weighted by Gasteiger charge is -2.24. The van der Waals surface area contributed by atoms with E-state index in [1.807, 2.05) is 60.7 Å². The predicted molar refractivity (Wildman–Crippen MR) is 117 cm³/mol. The van der Waals surface area contributed by atoms with E-state index in [4.69, 9.17) is 4.42 Å². The van der Waals surface area contributed by atoms with Gasteiger partial charge in [-0.05, 0) is 29.3 Å². The minimum atomic E-state index is -0.398. The molecule has 0 fully saturated rings. The molecule has 150 valence electrons. The van der Waals surface area contributed by atoms with Gasteiger partial charge in [0, 0.05) is 5.70 Å². The standard InChI is InChI=1S/C22H17N5O2.ClH/c28-20(19-12-7-13-29-19)24-21-25-22-23-17(15-8-3-1-4-9-15)14-18(27(22)26-21)16-10-5-2-6-11-16;/h1-14,18H,(H2,23,24,25,26,28);1H. The Morgan fingerprint density at radius 1 is 1.00 bits per heavy atom. The molecule has 0 spiro atoms. The van der Waals surface area contributed by atoms with Crippen molar-refractivity contribution in [2.75, 3.05) is 10.6 Å². The van der Waals surface area contributed by atoms with Crippen molar-refractivity contribution < 1.29 is 9.21 Å². The van der Waals surface area contributed by atoms with Crippen molar-refractivity contribution in [3.05, 3.63) is 102 Å². The summed E-state index contributed by atoms with van der Waals surface area (Å²) in [6.45, 7) is 0. The second-order valence-corrected chi connectivity index (χ2v) is 6.56. The van der Waals surface area contributed by atoms with Crippen LogP contribution in [0.25, 0.3) is 5.70 Å². The first kappa shape index (κ1) is 19.5. The summed E-state index contributed by atoms with van der Waals surface area (Å²) in [5.74, 6) is 0.561. The maximum absolute atomic E-state index is 12.3. The summed E-state index contributed by atoms with van der Waals surface area (Å²) in [7, 11) is 0. The second kappa shape index (κ2) is 8.26. The van der Waals surface area contributed by atoms with E-state index in [0.29, 0.717) is 5.95 Å². The van der Waals surface area contributed by atoms with E-state index in [2.05, 4.69) is 26.8 Å². The minimum Gasteiger partial charge on any atom is -0.459 e. The fourth-order valence-electron chi connectivity index (χ4n) is 3.29. The summed E-state index contributed by atoms with van der Waals surface area (Å²) < 4.78 is 6.90. The van der Waals surface area contributed by atoms with Crippen LogP contribution in [0, 0.1) is 0 Å². The molecule has 0 radical (unpaired) electrons. The number of carbonyl (C=O) groups is 1. The fraction of sp³-hybridized carbons (Fsp3) is 0.0455. The van der Waals surface area contributed by atoms with Crippen molar-refractivity contribution in [2.24, 2.45) is 0 Å². The summed E-state index contributed by atoms with van der Waals surface area (Å²) in [5, 5.41) is 10.5. The molecular formula is C22H18ClN5O2. The third-order valence-corrected chi connectivity index (χ3v) is 4.66. The van der Waals surface area contributed by atoms with Crippen LogP contribution in [0.1, 0.15) is 27.7 Å². The third kappa shape index (κ3) is 3.70. The number of amides is 1. The van der Waals surface area contributed by atoms with E-state index in [0.717, 1.165) is 16.8 Å². The second-order valence-electron chi connectivity index (χ2n) is 6.56. The zero-order chi connectivity index (χ0) is 19.6. The lowest BCUT2D eigenvalue weighted by molar-refractivity contribution is 0.0996. The molecule has 1 aliphatic heterocycles. The summed E-state index contributed by atoms with van der Waals surface area (Å²) in [4.78, 5) is 16.8. The van der Waals surface area contributed by atoms with E-state index < -0.39 is 5.91 Å². The maximum Gasteiger partial charge on any atom is 0.293 e. The summed E-state index contributed by atoms with van der Waals surface area (Å²) in [6.07, 6.45) is 3.55. The number of halogens is 1. The van der Waals surface area contributed by atoms with Crippen molar-refractivity contribution in [3.63, 3.8) is 0 Å². The van der Waals surface area contributed by atoms with Gasteiger partial charge in [0.2, 0.25) is 5.95 Å². The molecule has 4 aromatic rings. The largest absolute Gasteiger partial charge is 0.459 e. The zero-order valence-electron chi connectivity index (χ0n) is 15.7. The number of carbonyl (C=O) groups excluding carboxylic acids is 1. The monoisotopic (exact) mass is 419 g/mol. The Labute approximate surface area is 178 Å². The van der Waals surface area contributed by atoms with Gasteiger partial charge >= 0.3 is 0 Å². The number of hydrogen-bond donors (Lipinski definition) is 2. The number of nitrogens with zero attached hydrogens (tertiary/aromatic N) is 3. The van der Waals surface area contributed by atoms with Gasteiger partial charge in [-0.2, -0.15) is 4.98 Å². The van der Waals surface area contributed by atoms with Crippen LogP contribution in [0.2, 0.25) is 0 Å². The zero-order valence-corrected chi connectivity index (χ0v) is 16.5. The number of benzene rings is 2. The minimum absolute atomic E-state index is 0. The Hall–Kier alpha value is -3.84. The topological polar surface area (TPSA) is 85.0 Å². The molecule has 2 aromatic heterocycles. The van der Waals surface area contributed by atoms with E-state index in [-0.39, 0.29) is 30.2 Å². The van der Waals surface area contributed by atoms with E-state index in [9.17, 15) is 4.79 Å². The van der Waals surface area contributed by atoms with Gasteiger partial charge in [-0.25, -0.2) is 4.68 Å². The van der Waals surface area contributed by atoms with Crippen LogP contribution < -0.4 is 10.6 Å². The van der Waals surface area contributed by atoms with Gasteiger partial charge in [0.1, 0.15) is 6.04 Å². The van der Waals surface area contributed by atoms with E-state index >= 15 is 0 Å². The highest BCUT2D eigenvalue weighted by Gasteiger charge is 2.26. The normalized spacial score (nSPS) is 14.7. The first-order valence-corrected chi connectivity index (χ1v) is 9.18. The highest BCUT2D eigenvalue weighted by molar-refractivity contribution is 6.01. The Bertz CT molecular complexity index is 1170. The van der Waals surface area contributed by atoms with Gasteiger partial charge in [-0.1, -0.05) is 60.7 Å². The highest BCUT2D eigenvalue weighted by Crippen LogP contribution is 2.33. The lowest BCUT2D eigenvalue weighted by atomic mass is 10.0. The molecule has 2 N–H and O–H groups in total. The summed E-state index contributed by atoms with van der Waals surface area (Å²) >= 11 is 0. The van der Waals surface area contributed by atoms with Gasteiger partial charge in [-0.3, -0.25) is 10.1 Å². The van der Waals surface area contributed by atoms with Gasteiger partial charge < -0.3 is 9.73 Å². The van der Waals surface area contributed by atoms with Gasteiger partial charge in [0.15, 0.2) is 5.76 Å². The molecule has 0 bridgehead atoms. The quantitative estimate of drug-likeness (QED) is 0.505. The predicted octanol–water partition coefficient (Wildman–Crippen LogP) is 4.60. The number of allylic oxidation sites excluding steroid dienone is 1. The number of hydrogen-bond acceptors (Lipinski definition) is 5. The number of anilines is 2. The first-order valence-electron chi connectivity index (χ1n) is 9.18. The van der Waals surface area contributed by atoms with Crippen molar-refractivity contribution in [3.8, 4) is 0 Å². The number of nitrogens with one attached hydrogen (secondary N) is 2. The Morgan fingerprint density at radius 3 is 2.43 bits per heavy atom. The van der Waals surface area contributed by atoms with Crippen molar-refractivity contribution in [1.29, 1.82) is 0 Å². The molecule has 5 rings (SSSR count). The molecule has 0 saturated heterocycles. The molecule has 8 heteroatoms. The fourth-order valence-corrected chi connectivity index (χ4v) is 3.29.